The van der Waals surface area contributed by atoms with Crippen LogP contribution in [-0.2, 0) is 28.7 Å². The lowest BCUT2D eigenvalue weighted by Gasteiger charge is -2.18. The van der Waals surface area contributed by atoms with Crippen LogP contribution in [0.4, 0.5) is 0 Å². The first-order valence-corrected chi connectivity index (χ1v) is 8.89. The molecule has 0 spiro atoms. The van der Waals surface area contributed by atoms with Crippen LogP contribution in [0.2, 0.25) is 0 Å². The highest BCUT2D eigenvalue weighted by molar-refractivity contribution is 6.47. The second-order valence-corrected chi connectivity index (χ2v) is 6.19. The second-order valence-electron chi connectivity index (χ2n) is 6.19. The van der Waals surface area contributed by atoms with Gasteiger partial charge in [0.05, 0.1) is 28.4 Å². The predicted octanol–water partition coefficient (Wildman–Crippen LogP) is 2.06. The molecule has 2 aromatic rings. The number of ketones is 2. The number of rotatable bonds is 9. The van der Waals surface area contributed by atoms with E-state index >= 15 is 0 Å². The summed E-state index contributed by atoms with van der Waals surface area (Å²) < 4.78 is 19.6. The summed E-state index contributed by atoms with van der Waals surface area (Å²) in [6.07, 6.45) is 0. The molecule has 0 saturated carbocycles. The largest absolute Gasteiger partial charge is 0.497 e. The van der Waals surface area contributed by atoms with Crippen LogP contribution in [0.15, 0.2) is 48.5 Å². The Labute approximate surface area is 173 Å². The smallest absolute Gasteiger partial charge is 0.321 e. The summed E-state index contributed by atoms with van der Waals surface area (Å²) in [5, 5.41) is 0. The lowest BCUT2D eigenvalue weighted by Crippen LogP contribution is -2.35. The summed E-state index contributed by atoms with van der Waals surface area (Å²) in [5.74, 6) is -6.05. The number of benzene rings is 2. The van der Waals surface area contributed by atoms with Crippen LogP contribution in [0, 0.1) is 0 Å². The van der Waals surface area contributed by atoms with Gasteiger partial charge < -0.3 is 18.9 Å². The zero-order valence-corrected chi connectivity index (χ0v) is 17.0. The van der Waals surface area contributed by atoms with Crippen LogP contribution >= 0.6 is 0 Å². The number of methoxy groups -OCH3 is 4. The van der Waals surface area contributed by atoms with E-state index in [4.69, 9.17) is 18.9 Å². The molecule has 0 radical (unpaired) electrons. The van der Waals surface area contributed by atoms with Crippen LogP contribution in [0.25, 0.3) is 0 Å². The van der Waals surface area contributed by atoms with Gasteiger partial charge in [-0.25, -0.2) is 0 Å². The van der Waals surface area contributed by atoms with Gasteiger partial charge in [-0.05, 0) is 35.4 Å². The molecular weight excluding hydrogens is 392 g/mol. The predicted molar refractivity (Wildman–Crippen MR) is 106 cm³/mol. The van der Waals surface area contributed by atoms with Crippen LogP contribution in [0.5, 0.6) is 11.5 Å². The molecule has 0 bridgehead atoms. The van der Waals surface area contributed by atoms with Crippen molar-refractivity contribution in [2.75, 3.05) is 28.4 Å². The van der Waals surface area contributed by atoms with E-state index < -0.39 is 35.3 Å². The number of hydrogen-bond donors (Lipinski definition) is 0. The van der Waals surface area contributed by atoms with Crippen molar-refractivity contribution in [2.24, 2.45) is 0 Å². The summed E-state index contributed by atoms with van der Waals surface area (Å²) in [4.78, 5) is 50.8. The Kier molecular flexibility index (Phi) is 7.69. The second kappa shape index (κ2) is 10.2. The molecule has 2 aromatic carbocycles. The first-order valence-electron chi connectivity index (χ1n) is 8.89. The maximum Gasteiger partial charge on any atom is 0.321 e. The van der Waals surface area contributed by atoms with Gasteiger partial charge in [0, 0.05) is 0 Å². The van der Waals surface area contributed by atoms with Gasteiger partial charge in [-0.15, -0.1) is 0 Å². The fourth-order valence-electron chi connectivity index (χ4n) is 2.90. The topological polar surface area (TPSA) is 105 Å². The third kappa shape index (κ3) is 4.83. The van der Waals surface area contributed by atoms with Crippen LogP contribution in [0.1, 0.15) is 23.0 Å². The average Bonchev–Trinajstić information content (AvgIpc) is 2.79. The van der Waals surface area contributed by atoms with Gasteiger partial charge in [0.15, 0.2) is 0 Å². The minimum atomic E-state index is -1.53. The van der Waals surface area contributed by atoms with Crippen molar-refractivity contribution in [1.29, 1.82) is 0 Å². The fraction of sp³-hybridized carbons (Fsp3) is 0.273. The van der Waals surface area contributed by atoms with Crippen molar-refractivity contribution in [3.63, 3.8) is 0 Å². The van der Waals surface area contributed by atoms with Gasteiger partial charge in [0.1, 0.15) is 23.3 Å². The SMILES string of the molecule is COC(=O)C(C(=O)C(=O)C(C(=O)OC)c1ccc(OC)cc1)c1ccc(OC)cc1. The van der Waals surface area contributed by atoms with E-state index in [-0.39, 0.29) is 11.1 Å². The standard InChI is InChI=1S/C22H22O8/c1-27-15-9-5-13(6-10-15)17(21(25)29-3)19(23)20(24)18(22(26)30-4)14-7-11-16(28-2)12-8-14/h5-12,17-18H,1-4H3. The molecule has 0 aliphatic carbocycles. The molecule has 8 nitrogen and oxygen atoms in total. The van der Waals surface area contributed by atoms with E-state index in [1.807, 2.05) is 0 Å². The number of carbonyl (C=O) groups is 4. The molecule has 0 fully saturated rings. The van der Waals surface area contributed by atoms with Crippen molar-refractivity contribution >= 4 is 23.5 Å². The van der Waals surface area contributed by atoms with E-state index in [0.717, 1.165) is 14.2 Å². The zero-order valence-electron chi connectivity index (χ0n) is 17.0. The summed E-state index contributed by atoms with van der Waals surface area (Å²) in [6.45, 7) is 0. The molecule has 0 heterocycles. The third-order valence-corrected chi connectivity index (χ3v) is 4.54. The van der Waals surface area contributed by atoms with Crippen molar-refractivity contribution in [2.45, 2.75) is 11.8 Å². The van der Waals surface area contributed by atoms with Gasteiger partial charge in [0.2, 0.25) is 11.6 Å². The Morgan fingerprint density at radius 2 is 0.867 bits per heavy atom. The van der Waals surface area contributed by atoms with E-state index in [1.54, 1.807) is 24.3 Å². The quantitative estimate of drug-likeness (QED) is 0.349. The number of hydrogen-bond acceptors (Lipinski definition) is 8. The summed E-state index contributed by atoms with van der Waals surface area (Å²) in [6, 6.07) is 12.1. The summed E-state index contributed by atoms with van der Waals surface area (Å²) in [5.41, 5.74) is 0.471. The number of ether oxygens (including phenoxy) is 4. The van der Waals surface area contributed by atoms with Gasteiger partial charge in [-0.1, -0.05) is 24.3 Å². The van der Waals surface area contributed by atoms with Crippen molar-refractivity contribution < 1.29 is 38.1 Å². The molecule has 2 rings (SSSR count). The van der Waals surface area contributed by atoms with Gasteiger partial charge in [0.25, 0.3) is 0 Å². The van der Waals surface area contributed by atoms with Crippen molar-refractivity contribution in [1.82, 2.24) is 0 Å². The number of esters is 2. The van der Waals surface area contributed by atoms with Crippen LogP contribution < -0.4 is 9.47 Å². The Hall–Kier alpha value is -3.68. The first-order chi connectivity index (χ1) is 14.4. The Morgan fingerprint density at radius 3 is 1.10 bits per heavy atom. The molecule has 0 amide bonds. The van der Waals surface area contributed by atoms with Crippen molar-refractivity contribution in [3.8, 4) is 11.5 Å². The number of carbonyl (C=O) groups excluding carboxylic acids is 4. The lowest BCUT2D eigenvalue weighted by molar-refractivity contribution is -0.153. The maximum atomic E-state index is 13.0. The van der Waals surface area contributed by atoms with E-state index in [9.17, 15) is 19.2 Å². The van der Waals surface area contributed by atoms with E-state index in [1.165, 1.54) is 38.5 Å². The highest BCUT2D eigenvalue weighted by Crippen LogP contribution is 2.27. The van der Waals surface area contributed by atoms with Crippen LogP contribution in [0.3, 0.4) is 0 Å². The van der Waals surface area contributed by atoms with Crippen molar-refractivity contribution in [3.05, 3.63) is 59.7 Å². The molecule has 30 heavy (non-hydrogen) atoms. The van der Waals surface area contributed by atoms with Gasteiger partial charge in [-0.2, -0.15) is 0 Å². The minimum absolute atomic E-state index is 0.236. The summed E-state index contributed by atoms with van der Waals surface area (Å²) >= 11 is 0. The molecular formula is C22H22O8. The van der Waals surface area contributed by atoms with Crippen LogP contribution in [-0.4, -0.2) is 51.9 Å². The molecule has 2 unspecified atom stereocenters. The molecule has 0 aliphatic heterocycles. The minimum Gasteiger partial charge on any atom is -0.497 e. The molecule has 8 heteroatoms. The highest BCUT2D eigenvalue weighted by Gasteiger charge is 2.41. The molecule has 0 aromatic heterocycles. The third-order valence-electron chi connectivity index (χ3n) is 4.54. The Bertz CT molecular complexity index is 838. The first kappa shape index (κ1) is 22.6. The van der Waals surface area contributed by atoms with Gasteiger partial charge in [-0.3, -0.25) is 19.2 Å². The normalized spacial score (nSPS) is 12.3. The zero-order chi connectivity index (χ0) is 22.3. The highest BCUT2D eigenvalue weighted by atomic mass is 16.5. The van der Waals surface area contributed by atoms with Gasteiger partial charge >= 0.3 is 11.9 Å². The lowest BCUT2D eigenvalue weighted by atomic mass is 9.85. The fourth-order valence-corrected chi connectivity index (χ4v) is 2.90. The molecule has 158 valence electrons. The molecule has 0 saturated heterocycles. The molecule has 0 N–H and O–H groups in total. The summed E-state index contributed by atoms with van der Waals surface area (Å²) in [7, 11) is 5.16. The molecule has 2 atom stereocenters. The number of Topliss-reactive ketones (excluding diaryl/α,β-unsaturated/α-hetero) is 2. The molecule has 0 aliphatic rings. The Morgan fingerprint density at radius 1 is 0.567 bits per heavy atom. The Balaban J connectivity index is 2.45. The maximum absolute atomic E-state index is 13.0. The monoisotopic (exact) mass is 414 g/mol. The van der Waals surface area contributed by atoms with E-state index in [2.05, 4.69) is 0 Å². The average molecular weight is 414 g/mol. The van der Waals surface area contributed by atoms with E-state index in [0.29, 0.717) is 11.5 Å².